The standard InChI is InChI=1S/C25H20F2N6O2S/c1-33-13-17(12-30-33)19-8-15-7-14(3-5-21(15)31-24(19)28)16-9-22(25(35-2)29-11-16)32-36(34)23-6-4-18(26)10-20(23)27/h3-13,32H,1-2H3,(H2,28,31). The quantitative estimate of drug-likeness (QED) is 0.346. The molecule has 3 aromatic heterocycles. The highest BCUT2D eigenvalue weighted by atomic mass is 32.2. The minimum Gasteiger partial charge on any atom is -0.480 e. The number of hydrogen-bond donors (Lipinski definition) is 2. The van der Waals surface area contributed by atoms with Gasteiger partial charge in [-0.3, -0.25) is 9.40 Å². The van der Waals surface area contributed by atoms with E-state index in [4.69, 9.17) is 10.5 Å². The van der Waals surface area contributed by atoms with Crippen LogP contribution in [0.2, 0.25) is 0 Å². The van der Waals surface area contributed by atoms with Crippen LogP contribution in [0.4, 0.5) is 20.3 Å². The number of aryl methyl sites for hydroxylation is 1. The summed E-state index contributed by atoms with van der Waals surface area (Å²) in [4.78, 5) is 8.62. The topological polar surface area (TPSA) is 108 Å². The van der Waals surface area contributed by atoms with Crippen molar-refractivity contribution in [1.29, 1.82) is 0 Å². The Kier molecular flexibility index (Phi) is 6.06. The molecular weight excluding hydrogens is 486 g/mol. The predicted molar refractivity (Wildman–Crippen MR) is 135 cm³/mol. The third-order valence-corrected chi connectivity index (χ3v) is 6.67. The van der Waals surface area contributed by atoms with Crippen molar-refractivity contribution in [3.05, 3.63) is 78.8 Å². The third-order valence-electron chi connectivity index (χ3n) is 5.53. The molecule has 182 valence electrons. The van der Waals surface area contributed by atoms with Crippen molar-refractivity contribution in [3.8, 4) is 28.1 Å². The van der Waals surface area contributed by atoms with Crippen molar-refractivity contribution in [1.82, 2.24) is 19.7 Å². The monoisotopic (exact) mass is 506 g/mol. The number of hydrogen-bond acceptors (Lipinski definition) is 6. The van der Waals surface area contributed by atoms with Crippen molar-refractivity contribution >= 4 is 33.4 Å². The molecule has 0 fully saturated rings. The van der Waals surface area contributed by atoms with Crippen molar-refractivity contribution in [2.24, 2.45) is 7.05 Å². The van der Waals surface area contributed by atoms with Gasteiger partial charge >= 0.3 is 0 Å². The van der Waals surface area contributed by atoms with E-state index >= 15 is 0 Å². The first-order valence-electron chi connectivity index (χ1n) is 10.7. The zero-order valence-electron chi connectivity index (χ0n) is 19.2. The average molecular weight is 507 g/mol. The zero-order chi connectivity index (χ0) is 25.4. The molecule has 1 atom stereocenters. The molecule has 0 spiro atoms. The largest absolute Gasteiger partial charge is 0.480 e. The summed E-state index contributed by atoms with van der Waals surface area (Å²) in [5.74, 6) is -1.11. The van der Waals surface area contributed by atoms with Crippen LogP contribution in [0.25, 0.3) is 33.2 Å². The number of rotatable bonds is 6. The normalized spacial score (nSPS) is 12.0. The molecule has 0 aliphatic heterocycles. The highest BCUT2D eigenvalue weighted by Crippen LogP contribution is 2.33. The van der Waals surface area contributed by atoms with Crippen LogP contribution in [0, 0.1) is 11.6 Å². The number of ether oxygens (including phenoxy) is 1. The van der Waals surface area contributed by atoms with Crippen LogP contribution in [-0.2, 0) is 18.0 Å². The summed E-state index contributed by atoms with van der Waals surface area (Å²) in [6, 6.07) is 12.1. The van der Waals surface area contributed by atoms with Crippen molar-refractivity contribution in [3.63, 3.8) is 0 Å². The second-order valence-corrected chi connectivity index (χ2v) is 9.14. The summed E-state index contributed by atoms with van der Waals surface area (Å²) in [5, 5.41) is 5.05. The van der Waals surface area contributed by atoms with Gasteiger partial charge in [0.15, 0.2) is 11.0 Å². The van der Waals surface area contributed by atoms with Crippen LogP contribution >= 0.6 is 0 Å². The lowest BCUT2D eigenvalue weighted by molar-refractivity contribution is 0.400. The number of aromatic nitrogens is 4. The van der Waals surface area contributed by atoms with E-state index in [0.717, 1.165) is 39.7 Å². The van der Waals surface area contributed by atoms with Crippen molar-refractivity contribution < 1.29 is 17.7 Å². The summed E-state index contributed by atoms with van der Waals surface area (Å²) in [6.45, 7) is 0. The molecule has 0 radical (unpaired) electrons. The molecule has 36 heavy (non-hydrogen) atoms. The lowest BCUT2D eigenvalue weighted by Crippen LogP contribution is -2.09. The van der Waals surface area contributed by atoms with Gasteiger partial charge in [0.05, 0.1) is 23.7 Å². The first-order valence-corrected chi connectivity index (χ1v) is 11.8. The maximum absolute atomic E-state index is 14.1. The fourth-order valence-electron chi connectivity index (χ4n) is 3.79. The van der Waals surface area contributed by atoms with Gasteiger partial charge in [-0.1, -0.05) is 6.07 Å². The smallest absolute Gasteiger partial charge is 0.238 e. The van der Waals surface area contributed by atoms with Crippen LogP contribution in [-0.4, -0.2) is 31.1 Å². The number of nitrogens with two attached hydrogens (primary N) is 1. The fourth-order valence-corrected chi connectivity index (χ4v) is 4.67. The minimum atomic E-state index is -2.02. The molecule has 5 aromatic rings. The van der Waals surface area contributed by atoms with E-state index in [1.54, 1.807) is 23.1 Å². The number of fused-ring (bicyclic) bond motifs is 1. The Hall–Kier alpha value is -4.38. The molecule has 1 unspecified atom stereocenters. The van der Waals surface area contributed by atoms with E-state index in [9.17, 15) is 13.0 Å². The van der Waals surface area contributed by atoms with E-state index in [2.05, 4.69) is 19.8 Å². The highest BCUT2D eigenvalue weighted by Gasteiger charge is 2.16. The molecule has 2 aromatic carbocycles. The summed E-state index contributed by atoms with van der Waals surface area (Å²) in [5.41, 5.74) is 10.3. The fraction of sp³-hybridized carbons (Fsp3) is 0.0800. The number of methoxy groups -OCH3 is 1. The molecule has 5 rings (SSSR count). The summed E-state index contributed by atoms with van der Waals surface area (Å²) >= 11 is 0. The number of nitrogens with zero attached hydrogens (tertiary/aromatic N) is 4. The molecule has 0 saturated heterocycles. The van der Waals surface area contributed by atoms with Gasteiger partial charge in [0.2, 0.25) is 5.88 Å². The lowest BCUT2D eigenvalue weighted by Gasteiger charge is -2.13. The SMILES string of the molecule is COc1ncc(-c2ccc3nc(N)c(-c4cnn(C)c4)cc3c2)cc1NS(=O)c1ccc(F)cc1F. The number of nitrogens with one attached hydrogen (secondary N) is 1. The van der Waals surface area contributed by atoms with Gasteiger partial charge in [-0.15, -0.1) is 0 Å². The molecule has 8 nitrogen and oxygen atoms in total. The number of benzene rings is 2. The van der Waals surface area contributed by atoms with Gasteiger partial charge in [0.25, 0.3) is 0 Å². The van der Waals surface area contributed by atoms with E-state index < -0.39 is 22.6 Å². The van der Waals surface area contributed by atoms with Gasteiger partial charge in [0.1, 0.15) is 23.1 Å². The molecular formula is C25H20F2N6O2S. The Morgan fingerprint density at radius 2 is 1.86 bits per heavy atom. The van der Waals surface area contributed by atoms with Crippen molar-refractivity contribution in [2.75, 3.05) is 17.6 Å². The van der Waals surface area contributed by atoms with Gasteiger partial charge in [0, 0.05) is 47.6 Å². The third kappa shape index (κ3) is 4.48. The second kappa shape index (κ2) is 9.34. The number of anilines is 2. The lowest BCUT2D eigenvalue weighted by atomic mass is 10.0. The zero-order valence-corrected chi connectivity index (χ0v) is 20.0. The maximum atomic E-state index is 14.1. The molecule has 11 heteroatoms. The molecule has 0 saturated carbocycles. The number of nitrogen functional groups attached to an aromatic ring is 1. The second-order valence-electron chi connectivity index (χ2n) is 7.96. The minimum absolute atomic E-state index is 0.170. The van der Waals surface area contributed by atoms with Crippen LogP contribution < -0.4 is 15.2 Å². The Balaban J connectivity index is 1.52. The van der Waals surface area contributed by atoms with Crippen LogP contribution in [0.3, 0.4) is 0 Å². The van der Waals surface area contributed by atoms with Gasteiger partial charge < -0.3 is 10.5 Å². The first-order chi connectivity index (χ1) is 17.3. The Labute approximate surface area is 207 Å². The molecule has 3 N–H and O–H groups in total. The Morgan fingerprint density at radius 3 is 2.58 bits per heavy atom. The molecule has 0 aliphatic carbocycles. The highest BCUT2D eigenvalue weighted by molar-refractivity contribution is 7.86. The number of pyridine rings is 2. The number of halogens is 2. The molecule has 3 heterocycles. The van der Waals surface area contributed by atoms with Crippen molar-refractivity contribution in [2.45, 2.75) is 4.90 Å². The van der Waals surface area contributed by atoms with Crippen LogP contribution in [0.15, 0.2) is 72.0 Å². The van der Waals surface area contributed by atoms with Crippen LogP contribution in [0.1, 0.15) is 0 Å². The van der Waals surface area contributed by atoms with E-state index in [0.29, 0.717) is 17.4 Å². The summed E-state index contributed by atoms with van der Waals surface area (Å²) in [7, 11) is 1.22. The Morgan fingerprint density at radius 1 is 1.03 bits per heavy atom. The van der Waals surface area contributed by atoms with Gasteiger partial charge in [-0.05, 0) is 42.0 Å². The average Bonchev–Trinajstić information content (AvgIpc) is 3.29. The molecule has 0 bridgehead atoms. The van der Waals surface area contributed by atoms with Crippen LogP contribution in [0.5, 0.6) is 5.88 Å². The molecule has 0 aliphatic rings. The predicted octanol–water partition coefficient (Wildman–Crippen LogP) is 4.70. The maximum Gasteiger partial charge on any atom is 0.238 e. The van der Waals surface area contributed by atoms with Gasteiger partial charge in [-0.25, -0.2) is 23.0 Å². The van der Waals surface area contributed by atoms with E-state index in [1.165, 1.54) is 7.11 Å². The Bertz CT molecular complexity index is 1640. The van der Waals surface area contributed by atoms with E-state index in [1.807, 2.05) is 37.5 Å². The molecule has 0 amide bonds. The van der Waals surface area contributed by atoms with Gasteiger partial charge in [-0.2, -0.15) is 5.10 Å². The summed E-state index contributed by atoms with van der Waals surface area (Å²) < 4.78 is 49.8. The van der Waals surface area contributed by atoms with E-state index in [-0.39, 0.29) is 16.5 Å². The first kappa shape index (κ1) is 23.4. The summed E-state index contributed by atoms with van der Waals surface area (Å²) in [6.07, 6.45) is 5.19.